The number of nitrogens with one attached hydrogen (secondary N) is 2. The van der Waals surface area contributed by atoms with Crippen molar-refractivity contribution in [1.29, 1.82) is 0 Å². The van der Waals surface area contributed by atoms with Gasteiger partial charge in [0.05, 0.1) is 5.56 Å². The molecule has 1 heterocycles. The first-order valence-electron chi connectivity index (χ1n) is 5.02. The molecule has 0 radical (unpaired) electrons. The second-order valence-electron chi connectivity index (χ2n) is 3.53. The SMILES string of the molecule is O=C(NCc1cc[nH]c1)c1cc(Br)ccc1I. The Kier molecular flexibility index (Phi) is 4.22. The molecule has 1 aromatic carbocycles. The molecule has 1 amide bonds. The average molecular weight is 405 g/mol. The molecule has 0 aliphatic rings. The van der Waals surface area contributed by atoms with Crippen molar-refractivity contribution < 1.29 is 4.79 Å². The van der Waals surface area contributed by atoms with Gasteiger partial charge in [0.2, 0.25) is 0 Å². The summed E-state index contributed by atoms with van der Waals surface area (Å²) in [7, 11) is 0. The fraction of sp³-hybridized carbons (Fsp3) is 0.0833. The highest BCUT2D eigenvalue weighted by Gasteiger charge is 2.09. The lowest BCUT2D eigenvalue weighted by Gasteiger charge is -2.06. The standard InChI is InChI=1S/C12H10BrIN2O/c13-9-1-2-11(14)10(5-9)12(17)16-7-8-3-4-15-6-8/h1-6,15H,7H2,(H,16,17). The van der Waals surface area contributed by atoms with Crippen LogP contribution >= 0.6 is 38.5 Å². The number of H-pyrrole nitrogens is 1. The van der Waals surface area contributed by atoms with Gasteiger partial charge in [-0.2, -0.15) is 0 Å². The van der Waals surface area contributed by atoms with Crippen LogP contribution in [0.3, 0.4) is 0 Å². The summed E-state index contributed by atoms with van der Waals surface area (Å²) in [4.78, 5) is 14.9. The molecular weight excluding hydrogens is 395 g/mol. The van der Waals surface area contributed by atoms with Crippen molar-refractivity contribution in [3.8, 4) is 0 Å². The number of aromatic amines is 1. The maximum absolute atomic E-state index is 12.0. The van der Waals surface area contributed by atoms with Crippen LogP contribution in [0.15, 0.2) is 41.1 Å². The molecule has 0 saturated carbocycles. The van der Waals surface area contributed by atoms with Gasteiger partial charge in [-0.3, -0.25) is 4.79 Å². The molecule has 0 spiro atoms. The highest BCUT2D eigenvalue weighted by molar-refractivity contribution is 14.1. The third-order valence-electron chi connectivity index (χ3n) is 2.29. The quantitative estimate of drug-likeness (QED) is 0.757. The summed E-state index contributed by atoms with van der Waals surface area (Å²) < 4.78 is 1.85. The zero-order valence-corrected chi connectivity index (χ0v) is 12.6. The van der Waals surface area contributed by atoms with Crippen LogP contribution < -0.4 is 5.32 Å². The third kappa shape index (κ3) is 3.32. The molecule has 0 bridgehead atoms. The van der Waals surface area contributed by atoms with E-state index in [-0.39, 0.29) is 5.91 Å². The van der Waals surface area contributed by atoms with E-state index >= 15 is 0 Å². The van der Waals surface area contributed by atoms with Crippen LogP contribution in [0.25, 0.3) is 0 Å². The van der Waals surface area contributed by atoms with Crippen molar-refractivity contribution in [3.63, 3.8) is 0 Å². The fourth-order valence-electron chi connectivity index (χ4n) is 1.42. The molecule has 0 fully saturated rings. The molecule has 5 heteroatoms. The lowest BCUT2D eigenvalue weighted by Crippen LogP contribution is -2.23. The smallest absolute Gasteiger partial charge is 0.252 e. The van der Waals surface area contributed by atoms with E-state index in [9.17, 15) is 4.79 Å². The summed E-state index contributed by atoms with van der Waals surface area (Å²) in [6, 6.07) is 7.60. The number of hydrogen-bond acceptors (Lipinski definition) is 1. The van der Waals surface area contributed by atoms with Gasteiger partial charge in [-0.05, 0) is 52.4 Å². The van der Waals surface area contributed by atoms with Gasteiger partial charge in [-0.25, -0.2) is 0 Å². The molecule has 0 aliphatic carbocycles. The van der Waals surface area contributed by atoms with Crippen LogP contribution in [0, 0.1) is 3.57 Å². The summed E-state index contributed by atoms with van der Waals surface area (Å²) in [5.41, 5.74) is 1.75. The predicted octanol–water partition coefficient (Wildman–Crippen LogP) is 3.31. The van der Waals surface area contributed by atoms with E-state index in [0.717, 1.165) is 13.6 Å². The molecule has 2 aromatic rings. The van der Waals surface area contributed by atoms with E-state index in [1.807, 2.05) is 36.7 Å². The number of carbonyl (C=O) groups excluding carboxylic acids is 1. The Morgan fingerprint density at radius 2 is 2.24 bits per heavy atom. The maximum atomic E-state index is 12.0. The van der Waals surface area contributed by atoms with Crippen LogP contribution in [0.2, 0.25) is 0 Å². The Hall–Kier alpha value is -0.820. The second-order valence-corrected chi connectivity index (χ2v) is 5.60. The van der Waals surface area contributed by atoms with Crippen LogP contribution in [0.5, 0.6) is 0 Å². The van der Waals surface area contributed by atoms with Gasteiger partial charge < -0.3 is 10.3 Å². The third-order valence-corrected chi connectivity index (χ3v) is 3.72. The van der Waals surface area contributed by atoms with E-state index in [2.05, 4.69) is 48.8 Å². The average Bonchev–Trinajstić information content (AvgIpc) is 2.82. The molecule has 2 rings (SSSR count). The predicted molar refractivity (Wildman–Crippen MR) is 78.8 cm³/mol. The van der Waals surface area contributed by atoms with Gasteiger partial charge in [-0.1, -0.05) is 15.9 Å². The van der Waals surface area contributed by atoms with E-state index in [1.54, 1.807) is 0 Å². The first-order valence-corrected chi connectivity index (χ1v) is 6.89. The summed E-state index contributed by atoms with van der Waals surface area (Å²) >= 11 is 5.52. The number of carbonyl (C=O) groups is 1. The van der Waals surface area contributed by atoms with Crippen LogP contribution in [0.1, 0.15) is 15.9 Å². The van der Waals surface area contributed by atoms with E-state index < -0.39 is 0 Å². The maximum Gasteiger partial charge on any atom is 0.252 e. The van der Waals surface area contributed by atoms with Gasteiger partial charge in [0.15, 0.2) is 0 Å². The van der Waals surface area contributed by atoms with Crippen molar-refractivity contribution in [1.82, 2.24) is 10.3 Å². The number of amides is 1. The van der Waals surface area contributed by atoms with Crippen molar-refractivity contribution in [3.05, 3.63) is 55.8 Å². The summed E-state index contributed by atoms with van der Waals surface area (Å²) in [5, 5.41) is 2.88. The number of benzene rings is 1. The zero-order valence-electron chi connectivity index (χ0n) is 8.84. The van der Waals surface area contributed by atoms with Crippen molar-refractivity contribution in [2.24, 2.45) is 0 Å². The minimum Gasteiger partial charge on any atom is -0.367 e. The van der Waals surface area contributed by atoms with E-state index in [0.29, 0.717) is 12.1 Å². The van der Waals surface area contributed by atoms with Crippen molar-refractivity contribution in [2.75, 3.05) is 0 Å². The molecule has 0 aliphatic heterocycles. The van der Waals surface area contributed by atoms with Gasteiger partial charge >= 0.3 is 0 Å². The lowest BCUT2D eigenvalue weighted by atomic mass is 10.2. The molecule has 88 valence electrons. The Morgan fingerprint density at radius 3 is 2.94 bits per heavy atom. The molecule has 1 aromatic heterocycles. The molecule has 0 unspecified atom stereocenters. The zero-order chi connectivity index (χ0) is 12.3. The second kappa shape index (κ2) is 5.68. The topological polar surface area (TPSA) is 44.9 Å². The Morgan fingerprint density at radius 1 is 1.41 bits per heavy atom. The van der Waals surface area contributed by atoms with Crippen LogP contribution in [-0.2, 0) is 6.54 Å². The van der Waals surface area contributed by atoms with Gasteiger partial charge in [0, 0.05) is 27.0 Å². The minimum absolute atomic E-state index is 0.0584. The van der Waals surface area contributed by atoms with Gasteiger partial charge in [-0.15, -0.1) is 0 Å². The van der Waals surface area contributed by atoms with E-state index in [4.69, 9.17) is 0 Å². The number of halogens is 2. The monoisotopic (exact) mass is 404 g/mol. The fourth-order valence-corrected chi connectivity index (χ4v) is 2.36. The lowest BCUT2D eigenvalue weighted by molar-refractivity contribution is 0.0950. The highest BCUT2D eigenvalue weighted by atomic mass is 127. The first kappa shape index (κ1) is 12.6. The Balaban J connectivity index is 2.07. The number of rotatable bonds is 3. The summed E-state index contributed by atoms with van der Waals surface area (Å²) in [5.74, 6) is -0.0584. The normalized spacial score (nSPS) is 10.2. The summed E-state index contributed by atoms with van der Waals surface area (Å²) in [6.07, 6.45) is 3.70. The molecule has 0 saturated heterocycles. The van der Waals surface area contributed by atoms with Crippen LogP contribution in [-0.4, -0.2) is 10.9 Å². The molecule has 2 N–H and O–H groups in total. The molecule has 17 heavy (non-hydrogen) atoms. The van der Waals surface area contributed by atoms with Crippen molar-refractivity contribution in [2.45, 2.75) is 6.54 Å². The first-order chi connectivity index (χ1) is 8.16. The molecule has 0 atom stereocenters. The van der Waals surface area contributed by atoms with Gasteiger partial charge in [0.1, 0.15) is 0 Å². The number of aromatic nitrogens is 1. The highest BCUT2D eigenvalue weighted by Crippen LogP contribution is 2.18. The van der Waals surface area contributed by atoms with Gasteiger partial charge in [0.25, 0.3) is 5.91 Å². The van der Waals surface area contributed by atoms with Crippen molar-refractivity contribution >= 4 is 44.4 Å². The largest absolute Gasteiger partial charge is 0.367 e. The molecular formula is C12H10BrIN2O. The minimum atomic E-state index is -0.0584. The Labute approximate surface area is 121 Å². The van der Waals surface area contributed by atoms with Crippen LogP contribution in [0.4, 0.5) is 0 Å². The number of hydrogen-bond donors (Lipinski definition) is 2. The molecule has 3 nitrogen and oxygen atoms in total. The van der Waals surface area contributed by atoms with E-state index in [1.165, 1.54) is 0 Å². The summed E-state index contributed by atoms with van der Waals surface area (Å²) in [6.45, 7) is 0.533. The Bertz CT molecular complexity index is 525.